The SMILES string of the molecule is CCNC(=NCc1noc(C)n1)NCCc1ncc(CC)s1.I. The molecule has 2 aromatic heterocycles. The molecule has 2 heterocycles. The number of nitrogens with zero attached hydrogens (tertiary/aromatic N) is 4. The van der Waals surface area contributed by atoms with Crippen LogP contribution in [0.2, 0.25) is 0 Å². The average Bonchev–Trinajstić information content (AvgIpc) is 3.13. The predicted octanol–water partition coefficient (Wildman–Crippen LogP) is 2.31. The van der Waals surface area contributed by atoms with Crippen molar-refractivity contribution in [2.45, 2.75) is 40.2 Å². The van der Waals surface area contributed by atoms with Gasteiger partial charge in [0, 0.05) is 37.5 Å². The minimum Gasteiger partial charge on any atom is -0.357 e. The lowest BCUT2D eigenvalue weighted by molar-refractivity contribution is 0.387. The first-order valence-electron chi connectivity index (χ1n) is 7.46. The van der Waals surface area contributed by atoms with E-state index in [2.05, 4.69) is 37.7 Å². The summed E-state index contributed by atoms with van der Waals surface area (Å²) < 4.78 is 4.93. The molecule has 0 unspecified atom stereocenters. The van der Waals surface area contributed by atoms with Crippen LogP contribution in [-0.4, -0.2) is 34.2 Å². The molecule has 2 rings (SSSR count). The summed E-state index contributed by atoms with van der Waals surface area (Å²) in [7, 11) is 0. The minimum absolute atomic E-state index is 0. The van der Waals surface area contributed by atoms with E-state index in [1.54, 1.807) is 18.3 Å². The highest BCUT2D eigenvalue weighted by Gasteiger charge is 2.04. The first-order valence-corrected chi connectivity index (χ1v) is 8.27. The third kappa shape index (κ3) is 6.81. The summed E-state index contributed by atoms with van der Waals surface area (Å²) in [5, 5.41) is 11.5. The number of aliphatic imine (C=N–C) groups is 1. The molecule has 0 aliphatic carbocycles. The van der Waals surface area contributed by atoms with Crippen LogP contribution < -0.4 is 10.6 Å². The molecule has 0 saturated carbocycles. The fourth-order valence-corrected chi connectivity index (χ4v) is 2.67. The maximum atomic E-state index is 4.93. The molecule has 0 radical (unpaired) electrons. The first kappa shape index (κ1) is 19.8. The Labute approximate surface area is 157 Å². The van der Waals surface area contributed by atoms with Crippen molar-refractivity contribution in [1.82, 2.24) is 25.8 Å². The van der Waals surface area contributed by atoms with E-state index in [0.29, 0.717) is 18.3 Å². The van der Waals surface area contributed by atoms with Gasteiger partial charge in [0.25, 0.3) is 0 Å². The Morgan fingerprint density at radius 2 is 2.17 bits per heavy atom. The number of hydrogen-bond acceptors (Lipinski definition) is 6. The molecule has 2 aromatic rings. The van der Waals surface area contributed by atoms with Crippen LogP contribution in [0.1, 0.15) is 35.4 Å². The summed E-state index contributed by atoms with van der Waals surface area (Å²) in [6.07, 6.45) is 3.88. The van der Waals surface area contributed by atoms with Gasteiger partial charge >= 0.3 is 0 Å². The molecule has 0 saturated heterocycles. The number of aromatic nitrogens is 3. The normalized spacial score (nSPS) is 11.2. The number of rotatable bonds is 7. The molecule has 0 aliphatic rings. The summed E-state index contributed by atoms with van der Waals surface area (Å²) in [5.41, 5.74) is 0. The van der Waals surface area contributed by atoms with Gasteiger partial charge in [-0.25, -0.2) is 9.98 Å². The topological polar surface area (TPSA) is 88.2 Å². The monoisotopic (exact) mass is 450 g/mol. The second kappa shape index (κ2) is 10.5. The number of aryl methyl sites for hydroxylation is 2. The number of nitrogens with one attached hydrogen (secondary N) is 2. The Hall–Kier alpha value is -1.23. The lowest BCUT2D eigenvalue weighted by Crippen LogP contribution is -2.38. The number of hydrogen-bond donors (Lipinski definition) is 2. The molecule has 0 spiro atoms. The maximum Gasteiger partial charge on any atom is 0.223 e. The van der Waals surface area contributed by atoms with Gasteiger partial charge in [0.05, 0.1) is 5.01 Å². The summed E-state index contributed by atoms with van der Waals surface area (Å²) in [5.74, 6) is 1.89. The second-order valence-corrected chi connectivity index (χ2v) is 5.88. The lowest BCUT2D eigenvalue weighted by atomic mass is 10.4. The van der Waals surface area contributed by atoms with Crippen LogP contribution in [0.5, 0.6) is 0 Å². The van der Waals surface area contributed by atoms with Crippen LogP contribution in [0.3, 0.4) is 0 Å². The largest absolute Gasteiger partial charge is 0.357 e. The third-order valence-electron chi connectivity index (χ3n) is 2.87. The van der Waals surface area contributed by atoms with Gasteiger partial charge in [0.2, 0.25) is 5.89 Å². The van der Waals surface area contributed by atoms with Gasteiger partial charge in [-0.15, -0.1) is 35.3 Å². The second-order valence-electron chi connectivity index (χ2n) is 4.68. The van der Waals surface area contributed by atoms with Crippen LogP contribution >= 0.6 is 35.3 Å². The fraction of sp³-hybridized carbons (Fsp3) is 0.571. The molecule has 0 atom stereocenters. The molecule has 0 bridgehead atoms. The fourth-order valence-electron chi connectivity index (χ4n) is 1.81. The van der Waals surface area contributed by atoms with Gasteiger partial charge in [-0.1, -0.05) is 12.1 Å². The quantitative estimate of drug-likeness (QED) is 0.383. The zero-order valence-corrected chi connectivity index (χ0v) is 16.8. The lowest BCUT2D eigenvalue weighted by Gasteiger charge is -2.09. The van der Waals surface area contributed by atoms with E-state index in [1.165, 1.54) is 4.88 Å². The molecule has 9 heteroatoms. The molecule has 23 heavy (non-hydrogen) atoms. The molecule has 0 aliphatic heterocycles. The molecule has 128 valence electrons. The Bertz CT molecular complexity index is 612. The smallest absolute Gasteiger partial charge is 0.223 e. The third-order valence-corrected chi connectivity index (χ3v) is 4.08. The van der Waals surface area contributed by atoms with Crippen LogP contribution in [0.25, 0.3) is 0 Å². The van der Waals surface area contributed by atoms with Crippen LogP contribution in [0.15, 0.2) is 15.7 Å². The molecule has 2 N–H and O–H groups in total. The van der Waals surface area contributed by atoms with Crippen molar-refractivity contribution in [2.24, 2.45) is 4.99 Å². The van der Waals surface area contributed by atoms with Crippen molar-refractivity contribution in [3.8, 4) is 0 Å². The van der Waals surface area contributed by atoms with Crippen molar-refractivity contribution in [3.05, 3.63) is 27.8 Å². The van der Waals surface area contributed by atoms with Crippen molar-refractivity contribution >= 4 is 41.3 Å². The molecule has 7 nitrogen and oxygen atoms in total. The molecule has 0 fully saturated rings. The Balaban J connectivity index is 0.00000264. The highest BCUT2D eigenvalue weighted by molar-refractivity contribution is 14.0. The van der Waals surface area contributed by atoms with E-state index in [4.69, 9.17) is 4.52 Å². The van der Waals surface area contributed by atoms with Crippen molar-refractivity contribution in [3.63, 3.8) is 0 Å². The Morgan fingerprint density at radius 1 is 1.35 bits per heavy atom. The zero-order valence-electron chi connectivity index (χ0n) is 13.6. The highest BCUT2D eigenvalue weighted by Crippen LogP contribution is 2.13. The van der Waals surface area contributed by atoms with Crippen molar-refractivity contribution in [1.29, 1.82) is 0 Å². The van der Waals surface area contributed by atoms with E-state index >= 15 is 0 Å². The highest BCUT2D eigenvalue weighted by atomic mass is 127. The van der Waals surface area contributed by atoms with E-state index in [1.807, 2.05) is 13.1 Å². The van der Waals surface area contributed by atoms with E-state index < -0.39 is 0 Å². The average molecular weight is 450 g/mol. The summed E-state index contributed by atoms with van der Waals surface area (Å²) >= 11 is 1.77. The Morgan fingerprint density at radius 3 is 2.78 bits per heavy atom. The van der Waals surface area contributed by atoms with Crippen molar-refractivity contribution in [2.75, 3.05) is 13.1 Å². The standard InChI is InChI=1S/C14H22N6OS.HI/c1-4-11-8-17-13(22-11)6-7-16-14(15-5-2)18-9-12-19-10(3)21-20-12;/h8H,4-7,9H2,1-3H3,(H2,15,16,18);1H. The van der Waals surface area contributed by atoms with Gasteiger partial charge in [-0.2, -0.15) is 4.98 Å². The minimum atomic E-state index is 0. The molecular weight excluding hydrogens is 427 g/mol. The van der Waals surface area contributed by atoms with Gasteiger partial charge in [0.1, 0.15) is 6.54 Å². The first-order chi connectivity index (χ1) is 10.7. The van der Waals surface area contributed by atoms with E-state index in [-0.39, 0.29) is 24.0 Å². The summed E-state index contributed by atoms with van der Waals surface area (Å²) in [4.78, 5) is 14.3. The molecule has 0 amide bonds. The number of thiazole rings is 1. The molecule has 0 aromatic carbocycles. The Kier molecular flexibility index (Phi) is 9.07. The maximum absolute atomic E-state index is 4.93. The van der Waals surface area contributed by atoms with Crippen LogP contribution in [-0.2, 0) is 19.4 Å². The van der Waals surface area contributed by atoms with Gasteiger partial charge < -0.3 is 15.2 Å². The van der Waals surface area contributed by atoms with Crippen LogP contribution in [0, 0.1) is 6.92 Å². The zero-order chi connectivity index (χ0) is 15.8. The number of halogens is 1. The van der Waals surface area contributed by atoms with Gasteiger partial charge in [-0.3, -0.25) is 0 Å². The summed E-state index contributed by atoms with van der Waals surface area (Å²) in [6.45, 7) is 7.92. The van der Waals surface area contributed by atoms with E-state index in [0.717, 1.165) is 36.9 Å². The predicted molar refractivity (Wildman–Crippen MR) is 102 cm³/mol. The van der Waals surface area contributed by atoms with Gasteiger partial charge in [-0.05, 0) is 13.3 Å². The molecular formula is C14H23IN6OS. The van der Waals surface area contributed by atoms with E-state index in [9.17, 15) is 0 Å². The number of guanidine groups is 1. The van der Waals surface area contributed by atoms with Gasteiger partial charge in [0.15, 0.2) is 11.8 Å². The summed E-state index contributed by atoms with van der Waals surface area (Å²) in [6, 6.07) is 0. The van der Waals surface area contributed by atoms with Crippen molar-refractivity contribution < 1.29 is 4.52 Å². The van der Waals surface area contributed by atoms with Crippen LogP contribution in [0.4, 0.5) is 0 Å².